The number of rotatable bonds is 6. The quantitative estimate of drug-likeness (QED) is 0.674. The zero-order chi connectivity index (χ0) is 15.0. The molecule has 7 nitrogen and oxygen atoms in total. The van der Waals surface area contributed by atoms with Crippen molar-refractivity contribution >= 4 is 23.7 Å². The molecule has 1 rings (SSSR count). The smallest absolute Gasteiger partial charge is 0.325 e. The summed E-state index contributed by atoms with van der Waals surface area (Å²) in [4.78, 5) is 33.1. The summed E-state index contributed by atoms with van der Waals surface area (Å²) in [5.41, 5.74) is 1.02. The van der Waals surface area contributed by atoms with E-state index < -0.39 is 18.0 Å². The van der Waals surface area contributed by atoms with Gasteiger partial charge in [-0.3, -0.25) is 9.59 Å². The van der Waals surface area contributed by atoms with Gasteiger partial charge in [0.2, 0.25) is 0 Å². The number of hydrogen-bond acceptors (Lipinski definition) is 4. The number of esters is 1. The number of hydrogen-bond donors (Lipinski definition) is 3. The highest BCUT2D eigenvalue weighted by Gasteiger charge is 2.07. The van der Waals surface area contributed by atoms with Gasteiger partial charge in [0, 0.05) is 5.69 Å². The van der Waals surface area contributed by atoms with E-state index in [1.807, 2.05) is 0 Å². The normalized spacial score (nSPS) is 9.65. The van der Waals surface area contributed by atoms with Crippen LogP contribution in [0.15, 0.2) is 24.3 Å². The Hall–Kier alpha value is -2.57. The van der Waals surface area contributed by atoms with E-state index in [0.717, 1.165) is 0 Å². The molecule has 0 heterocycles. The van der Waals surface area contributed by atoms with Crippen LogP contribution in [-0.2, 0) is 20.7 Å². The van der Waals surface area contributed by atoms with Crippen LogP contribution in [-0.4, -0.2) is 36.2 Å². The molecule has 0 aliphatic heterocycles. The van der Waals surface area contributed by atoms with E-state index in [9.17, 15) is 14.4 Å². The molecule has 7 heteroatoms. The molecule has 0 aliphatic rings. The second-order valence-corrected chi connectivity index (χ2v) is 3.88. The highest BCUT2D eigenvalue weighted by Crippen LogP contribution is 2.11. The lowest BCUT2D eigenvalue weighted by Crippen LogP contribution is -2.34. The first-order valence-electron chi connectivity index (χ1n) is 6.02. The lowest BCUT2D eigenvalue weighted by Gasteiger charge is -2.08. The topological polar surface area (TPSA) is 105 Å². The van der Waals surface area contributed by atoms with Gasteiger partial charge in [0.05, 0.1) is 13.0 Å². The van der Waals surface area contributed by atoms with Gasteiger partial charge in [-0.05, 0) is 24.6 Å². The fourth-order valence-electron chi connectivity index (χ4n) is 1.47. The van der Waals surface area contributed by atoms with Crippen LogP contribution in [0.3, 0.4) is 0 Å². The Morgan fingerprint density at radius 3 is 2.70 bits per heavy atom. The molecule has 0 saturated carbocycles. The van der Waals surface area contributed by atoms with Crippen molar-refractivity contribution in [1.29, 1.82) is 0 Å². The number of anilines is 1. The molecular weight excluding hydrogens is 264 g/mol. The van der Waals surface area contributed by atoms with Gasteiger partial charge in [0.1, 0.15) is 6.54 Å². The van der Waals surface area contributed by atoms with Gasteiger partial charge < -0.3 is 20.5 Å². The molecule has 1 aromatic rings. The molecule has 3 N–H and O–H groups in total. The van der Waals surface area contributed by atoms with E-state index >= 15 is 0 Å². The Labute approximate surface area is 115 Å². The van der Waals surface area contributed by atoms with Crippen molar-refractivity contribution in [3.63, 3.8) is 0 Å². The third kappa shape index (κ3) is 5.85. The van der Waals surface area contributed by atoms with E-state index in [0.29, 0.717) is 11.3 Å². The molecule has 0 aromatic heterocycles. The number of nitrogens with one attached hydrogen (secondary N) is 2. The average Bonchev–Trinajstić information content (AvgIpc) is 2.36. The van der Waals surface area contributed by atoms with Gasteiger partial charge in [0.25, 0.3) is 0 Å². The Morgan fingerprint density at radius 1 is 1.30 bits per heavy atom. The fraction of sp³-hybridized carbons (Fsp3) is 0.308. The minimum Gasteiger partial charge on any atom is -0.481 e. The summed E-state index contributed by atoms with van der Waals surface area (Å²) in [7, 11) is 0. The van der Waals surface area contributed by atoms with Crippen LogP contribution in [0.2, 0.25) is 0 Å². The monoisotopic (exact) mass is 280 g/mol. The molecule has 0 atom stereocenters. The van der Waals surface area contributed by atoms with Crippen LogP contribution in [0.5, 0.6) is 0 Å². The Balaban J connectivity index is 2.49. The van der Waals surface area contributed by atoms with E-state index in [-0.39, 0.29) is 19.6 Å². The van der Waals surface area contributed by atoms with Crippen molar-refractivity contribution in [1.82, 2.24) is 5.32 Å². The van der Waals surface area contributed by atoms with Gasteiger partial charge >= 0.3 is 18.0 Å². The lowest BCUT2D eigenvalue weighted by molar-refractivity contribution is -0.141. The number of aliphatic carboxylic acids is 1. The summed E-state index contributed by atoms with van der Waals surface area (Å²) >= 11 is 0. The summed E-state index contributed by atoms with van der Waals surface area (Å²) in [5, 5.41) is 13.5. The molecule has 1 aromatic carbocycles. The van der Waals surface area contributed by atoms with E-state index in [2.05, 4.69) is 15.4 Å². The number of carboxylic acids is 1. The first-order chi connectivity index (χ1) is 9.51. The van der Waals surface area contributed by atoms with Crippen molar-refractivity contribution in [2.45, 2.75) is 13.3 Å². The fourth-order valence-corrected chi connectivity index (χ4v) is 1.47. The SMILES string of the molecule is CCOC(=O)CNC(=O)Nc1cccc(CC(=O)O)c1. The molecule has 0 bridgehead atoms. The zero-order valence-electron chi connectivity index (χ0n) is 11.0. The number of urea groups is 1. The van der Waals surface area contributed by atoms with Gasteiger partial charge in [-0.2, -0.15) is 0 Å². The van der Waals surface area contributed by atoms with Crippen molar-refractivity contribution in [2.24, 2.45) is 0 Å². The summed E-state index contributed by atoms with van der Waals surface area (Å²) < 4.78 is 4.66. The maximum Gasteiger partial charge on any atom is 0.325 e. The molecule has 0 aliphatic carbocycles. The Bertz CT molecular complexity index is 501. The summed E-state index contributed by atoms with van der Waals surface area (Å²) in [6.07, 6.45) is -0.125. The largest absolute Gasteiger partial charge is 0.481 e. The molecule has 2 amide bonds. The third-order valence-electron chi connectivity index (χ3n) is 2.24. The molecule has 0 unspecified atom stereocenters. The number of benzene rings is 1. The predicted octanol–water partition coefficient (Wildman–Crippen LogP) is 0.998. The summed E-state index contributed by atoms with van der Waals surface area (Å²) in [6, 6.07) is 5.90. The maximum atomic E-state index is 11.5. The molecule has 0 saturated heterocycles. The second-order valence-electron chi connectivity index (χ2n) is 3.88. The molecule has 0 spiro atoms. The van der Waals surface area contributed by atoms with Crippen molar-refractivity contribution in [3.05, 3.63) is 29.8 Å². The minimum absolute atomic E-state index is 0.125. The number of ether oxygens (including phenoxy) is 1. The summed E-state index contributed by atoms with van der Waals surface area (Å²) in [5.74, 6) is -1.48. The van der Waals surface area contributed by atoms with Crippen molar-refractivity contribution in [2.75, 3.05) is 18.5 Å². The standard InChI is InChI=1S/C13H16N2O5/c1-2-20-12(18)8-14-13(19)15-10-5-3-4-9(6-10)7-11(16)17/h3-6H,2,7-8H2,1H3,(H,16,17)(H2,14,15,19). The highest BCUT2D eigenvalue weighted by molar-refractivity contribution is 5.91. The number of carboxylic acid groups (broad SMARTS) is 1. The molecule has 0 fully saturated rings. The van der Waals surface area contributed by atoms with Gasteiger partial charge in [-0.1, -0.05) is 12.1 Å². The Kier molecular flexibility index (Phi) is 6.02. The first-order valence-corrected chi connectivity index (χ1v) is 6.02. The molecular formula is C13H16N2O5. The molecule has 0 radical (unpaired) electrons. The van der Waals surface area contributed by atoms with Crippen LogP contribution in [0.1, 0.15) is 12.5 Å². The number of carbonyl (C=O) groups is 3. The lowest BCUT2D eigenvalue weighted by atomic mass is 10.1. The number of carbonyl (C=O) groups excluding carboxylic acids is 2. The van der Waals surface area contributed by atoms with Crippen LogP contribution < -0.4 is 10.6 Å². The Morgan fingerprint density at radius 2 is 2.05 bits per heavy atom. The van der Waals surface area contributed by atoms with Crippen molar-refractivity contribution in [3.8, 4) is 0 Å². The maximum absolute atomic E-state index is 11.5. The van der Waals surface area contributed by atoms with Crippen LogP contribution in [0.25, 0.3) is 0 Å². The average molecular weight is 280 g/mol. The second kappa shape index (κ2) is 7.78. The van der Waals surface area contributed by atoms with E-state index in [4.69, 9.17) is 5.11 Å². The van der Waals surface area contributed by atoms with Crippen LogP contribution >= 0.6 is 0 Å². The third-order valence-corrected chi connectivity index (χ3v) is 2.24. The first kappa shape index (κ1) is 15.5. The molecule has 20 heavy (non-hydrogen) atoms. The van der Waals surface area contributed by atoms with E-state index in [1.165, 1.54) is 0 Å². The van der Waals surface area contributed by atoms with Gasteiger partial charge in [0.15, 0.2) is 0 Å². The highest BCUT2D eigenvalue weighted by atomic mass is 16.5. The predicted molar refractivity (Wildman–Crippen MR) is 71.4 cm³/mol. The van der Waals surface area contributed by atoms with E-state index in [1.54, 1.807) is 31.2 Å². The summed E-state index contributed by atoms with van der Waals surface area (Å²) in [6.45, 7) is 1.69. The zero-order valence-corrected chi connectivity index (χ0v) is 11.0. The van der Waals surface area contributed by atoms with Crippen LogP contribution in [0.4, 0.5) is 10.5 Å². The molecule has 108 valence electrons. The van der Waals surface area contributed by atoms with Gasteiger partial charge in [-0.15, -0.1) is 0 Å². The van der Waals surface area contributed by atoms with Gasteiger partial charge in [-0.25, -0.2) is 4.79 Å². The number of amides is 2. The minimum atomic E-state index is -0.950. The van der Waals surface area contributed by atoms with Crippen molar-refractivity contribution < 1.29 is 24.2 Å². The van der Waals surface area contributed by atoms with Crippen LogP contribution in [0, 0.1) is 0 Å².